The third kappa shape index (κ3) is 4.49. The number of carbonyl (C=O) groups is 3. The summed E-state index contributed by atoms with van der Waals surface area (Å²) in [6, 6.07) is 6.74. The molecule has 2 amide bonds. The van der Waals surface area contributed by atoms with Crippen LogP contribution >= 0.6 is 46.4 Å². The van der Waals surface area contributed by atoms with Gasteiger partial charge in [0.05, 0.1) is 12.3 Å². The maximum Gasteiger partial charge on any atom is 0.334 e. The van der Waals surface area contributed by atoms with Gasteiger partial charge in [-0.25, -0.2) is 4.79 Å². The van der Waals surface area contributed by atoms with Crippen LogP contribution < -0.4 is 5.32 Å². The molecule has 0 saturated carbocycles. The normalized spacial score (nSPS) is 30.5. The quantitative estimate of drug-likeness (QED) is 0.270. The molecular weight excluding hydrogens is 498 g/mol. The highest BCUT2D eigenvalue weighted by molar-refractivity contribution is 7.94. The Hall–Kier alpha value is -0.900. The summed E-state index contributed by atoms with van der Waals surface area (Å²) in [5.41, 5.74) is 0.768. The molecular formula is C18H18Cl4N2O5S. The Morgan fingerprint density at radius 1 is 1.30 bits per heavy atom. The van der Waals surface area contributed by atoms with Crippen LogP contribution in [0.5, 0.6) is 0 Å². The fourth-order valence-electron chi connectivity index (χ4n) is 3.53. The van der Waals surface area contributed by atoms with E-state index in [-0.39, 0.29) is 12.3 Å². The number of rotatable bonds is 6. The lowest BCUT2D eigenvalue weighted by Gasteiger charge is -2.41. The summed E-state index contributed by atoms with van der Waals surface area (Å²) in [6.07, 6.45) is 0.0610. The van der Waals surface area contributed by atoms with Crippen LogP contribution in [-0.4, -0.2) is 65.7 Å². The molecule has 164 valence electrons. The van der Waals surface area contributed by atoms with E-state index in [9.17, 15) is 18.9 Å². The average molecular weight is 516 g/mol. The van der Waals surface area contributed by atoms with E-state index in [0.29, 0.717) is 0 Å². The van der Waals surface area contributed by atoms with Gasteiger partial charge in [-0.15, -0.1) is 11.6 Å². The van der Waals surface area contributed by atoms with Gasteiger partial charge in [0, 0.05) is 0 Å². The van der Waals surface area contributed by atoms with Crippen LogP contribution in [-0.2, 0) is 36.7 Å². The maximum atomic E-state index is 13.1. The molecule has 0 aromatic heterocycles. The Balaban J connectivity index is 1.74. The van der Waals surface area contributed by atoms with Crippen molar-refractivity contribution < 1.29 is 23.7 Å². The molecule has 1 N–H and O–H groups in total. The highest BCUT2D eigenvalue weighted by atomic mass is 35.6. The van der Waals surface area contributed by atoms with E-state index in [4.69, 9.17) is 51.1 Å². The lowest BCUT2D eigenvalue weighted by molar-refractivity contribution is -0.164. The third-order valence-corrected chi connectivity index (χ3v) is 8.27. The van der Waals surface area contributed by atoms with Crippen LogP contribution in [0.2, 0.25) is 0 Å². The first kappa shape index (κ1) is 23.8. The van der Waals surface area contributed by atoms with E-state index in [2.05, 4.69) is 5.32 Å². The van der Waals surface area contributed by atoms with Gasteiger partial charge in [0.2, 0.25) is 15.1 Å². The zero-order valence-corrected chi connectivity index (χ0v) is 19.5. The zero-order chi connectivity index (χ0) is 22.3. The number of hydrogen-bond acceptors (Lipinski definition) is 5. The van der Waals surface area contributed by atoms with E-state index in [1.54, 1.807) is 24.3 Å². The largest absolute Gasteiger partial charge is 0.614 e. The standard InChI is InChI=1S/C18H18Cl4N2O5S/c1-17(8-19)13(16(27)29-9-18(20,21)22)24-14(26)12(15(24)30(17)28)23-11(25)7-10-5-3-2-4-6-10/h2-6,12-13,15H,7-9H2,1H3,(H,23,25)/t12?,13?,15-,17?,30?/m1/s1. The summed E-state index contributed by atoms with van der Waals surface area (Å²) >= 11 is 21.1. The Kier molecular flexibility index (Phi) is 7.06. The van der Waals surface area contributed by atoms with Gasteiger partial charge >= 0.3 is 5.97 Å². The minimum absolute atomic E-state index is 0.0610. The number of fused-ring (bicyclic) bond motifs is 1. The van der Waals surface area contributed by atoms with Crippen molar-refractivity contribution in [2.24, 2.45) is 0 Å². The molecule has 1 aromatic carbocycles. The van der Waals surface area contributed by atoms with E-state index < -0.39 is 61.6 Å². The number of halogens is 4. The Morgan fingerprint density at radius 2 is 1.93 bits per heavy atom. The lowest BCUT2D eigenvalue weighted by Crippen LogP contribution is -2.72. The number of hydrogen-bond donors (Lipinski definition) is 1. The molecule has 2 saturated heterocycles. The molecule has 0 aliphatic carbocycles. The third-order valence-electron chi connectivity index (χ3n) is 5.01. The monoisotopic (exact) mass is 514 g/mol. The summed E-state index contributed by atoms with van der Waals surface area (Å²) in [5, 5.41) is 1.72. The molecule has 4 unspecified atom stereocenters. The number of alkyl halides is 4. The second kappa shape index (κ2) is 8.92. The van der Waals surface area contributed by atoms with E-state index in [0.717, 1.165) is 10.5 Å². The van der Waals surface area contributed by atoms with Crippen molar-refractivity contribution in [3.63, 3.8) is 0 Å². The van der Waals surface area contributed by atoms with Gasteiger partial charge in [-0.3, -0.25) is 14.5 Å². The summed E-state index contributed by atoms with van der Waals surface area (Å²) in [7, 11) is 0. The van der Waals surface area contributed by atoms with Crippen molar-refractivity contribution in [1.29, 1.82) is 0 Å². The fourth-order valence-corrected chi connectivity index (χ4v) is 6.11. The van der Waals surface area contributed by atoms with Crippen molar-refractivity contribution in [3.8, 4) is 0 Å². The SMILES string of the molecule is CC1(CCl)C(C(=O)OCC(Cl)(Cl)Cl)N2C(=O)C(NC(=O)Cc3ccccc3)[C@H]2[S+]1[O-]. The number of β-lactam (4-membered cyclic amide) rings is 1. The van der Waals surface area contributed by atoms with Gasteiger partial charge in [-0.2, -0.15) is 0 Å². The first-order valence-corrected chi connectivity index (χ1v) is 11.7. The molecule has 2 fully saturated rings. The van der Waals surface area contributed by atoms with Crippen molar-refractivity contribution in [2.75, 3.05) is 12.5 Å². The highest BCUT2D eigenvalue weighted by Crippen LogP contribution is 2.47. The topological polar surface area (TPSA) is 98.8 Å². The van der Waals surface area contributed by atoms with Gasteiger partial charge in [0.25, 0.3) is 5.91 Å². The highest BCUT2D eigenvalue weighted by Gasteiger charge is 2.74. The smallest absolute Gasteiger partial charge is 0.334 e. The number of nitrogens with one attached hydrogen (secondary N) is 1. The summed E-state index contributed by atoms with van der Waals surface area (Å²) < 4.78 is 15.0. The second-order valence-corrected chi connectivity index (χ2v) is 12.0. The van der Waals surface area contributed by atoms with Crippen LogP contribution in [0.3, 0.4) is 0 Å². The predicted octanol–water partition coefficient (Wildman–Crippen LogP) is 1.92. The molecule has 0 bridgehead atoms. The van der Waals surface area contributed by atoms with Crippen LogP contribution in [0.15, 0.2) is 30.3 Å². The fraction of sp³-hybridized carbons (Fsp3) is 0.500. The number of benzene rings is 1. The molecule has 30 heavy (non-hydrogen) atoms. The molecule has 2 aliphatic heterocycles. The van der Waals surface area contributed by atoms with Crippen molar-refractivity contribution >= 4 is 75.4 Å². The number of ether oxygens (including phenoxy) is 1. The minimum Gasteiger partial charge on any atom is -0.614 e. The summed E-state index contributed by atoms with van der Waals surface area (Å²) in [6.45, 7) is 0.980. The molecule has 3 rings (SSSR count). The van der Waals surface area contributed by atoms with Crippen LogP contribution in [0, 0.1) is 0 Å². The van der Waals surface area contributed by atoms with Crippen LogP contribution in [0.1, 0.15) is 12.5 Å². The number of carbonyl (C=O) groups excluding carboxylic acids is 3. The molecule has 7 nitrogen and oxygen atoms in total. The van der Waals surface area contributed by atoms with Gasteiger partial charge < -0.3 is 14.6 Å². The number of amides is 2. The zero-order valence-electron chi connectivity index (χ0n) is 15.6. The first-order valence-electron chi connectivity index (χ1n) is 8.85. The Labute approximate surface area is 196 Å². The molecule has 12 heteroatoms. The lowest BCUT2D eigenvalue weighted by atomic mass is 9.95. The molecule has 2 heterocycles. The van der Waals surface area contributed by atoms with E-state index in [1.165, 1.54) is 6.92 Å². The van der Waals surface area contributed by atoms with Crippen LogP contribution in [0.4, 0.5) is 0 Å². The summed E-state index contributed by atoms with van der Waals surface area (Å²) in [5.74, 6) is -1.99. The molecule has 5 atom stereocenters. The molecule has 0 radical (unpaired) electrons. The first-order chi connectivity index (χ1) is 14.0. The van der Waals surface area contributed by atoms with Gasteiger partial charge in [0.1, 0.15) is 6.61 Å². The molecule has 0 spiro atoms. The van der Waals surface area contributed by atoms with Crippen molar-refractivity contribution in [2.45, 2.75) is 39.3 Å². The molecule has 2 aliphatic rings. The Morgan fingerprint density at radius 3 is 2.50 bits per heavy atom. The van der Waals surface area contributed by atoms with E-state index >= 15 is 0 Å². The van der Waals surface area contributed by atoms with Crippen molar-refractivity contribution in [3.05, 3.63) is 35.9 Å². The maximum absolute atomic E-state index is 13.1. The van der Waals surface area contributed by atoms with Gasteiger partial charge in [-0.05, 0) is 23.7 Å². The predicted molar refractivity (Wildman–Crippen MR) is 115 cm³/mol. The van der Waals surface area contributed by atoms with Crippen molar-refractivity contribution in [1.82, 2.24) is 10.2 Å². The second-order valence-electron chi connectivity index (χ2n) is 7.21. The minimum atomic E-state index is -1.84. The van der Waals surface area contributed by atoms with Gasteiger partial charge in [-0.1, -0.05) is 65.1 Å². The summed E-state index contributed by atoms with van der Waals surface area (Å²) in [4.78, 5) is 38.9. The number of nitrogens with zero attached hydrogens (tertiary/aromatic N) is 1. The number of esters is 1. The van der Waals surface area contributed by atoms with Crippen LogP contribution in [0.25, 0.3) is 0 Å². The Bertz CT molecular complexity index is 840. The van der Waals surface area contributed by atoms with E-state index in [1.807, 2.05) is 6.07 Å². The van der Waals surface area contributed by atoms with Gasteiger partial charge in [0.15, 0.2) is 16.8 Å². The molecule has 1 aromatic rings. The average Bonchev–Trinajstić information content (AvgIpc) is 2.90.